The second-order valence-electron chi connectivity index (χ2n) is 5.33. The number of benzene rings is 1. The van der Waals surface area contributed by atoms with E-state index in [1.165, 1.54) is 11.1 Å². The number of H-pyrrole nitrogens is 1. The van der Waals surface area contributed by atoms with E-state index < -0.39 is 0 Å². The van der Waals surface area contributed by atoms with Crippen molar-refractivity contribution in [2.24, 2.45) is 0 Å². The van der Waals surface area contributed by atoms with Gasteiger partial charge in [-0.25, -0.2) is 0 Å². The van der Waals surface area contributed by atoms with Crippen molar-refractivity contribution in [2.45, 2.75) is 20.0 Å². The first-order chi connectivity index (χ1) is 8.95. The van der Waals surface area contributed by atoms with Crippen molar-refractivity contribution < 1.29 is 4.79 Å². The number of aromatic nitrogens is 1. The molecule has 4 nitrogen and oxygen atoms in total. The van der Waals surface area contributed by atoms with Crippen molar-refractivity contribution in [1.29, 1.82) is 0 Å². The maximum atomic E-state index is 11.3. The quantitative estimate of drug-likeness (QED) is 0.914. The highest BCUT2D eigenvalue weighted by atomic mass is 16.2. The highest BCUT2D eigenvalue weighted by Crippen LogP contribution is 2.18. The number of carbonyl (C=O) groups is 1. The molecule has 102 valence electrons. The van der Waals surface area contributed by atoms with Gasteiger partial charge in [-0.3, -0.25) is 4.79 Å². The Morgan fingerprint density at radius 1 is 1.16 bits per heavy atom. The zero-order valence-corrected chi connectivity index (χ0v) is 12.0. The molecule has 4 heteroatoms. The highest BCUT2D eigenvalue weighted by Gasteiger charge is 2.06. The Labute approximate surface area is 114 Å². The first kappa shape index (κ1) is 13.6. The monoisotopic (exact) mass is 259 g/mol. The molecule has 1 aromatic carbocycles. The first-order valence-electron chi connectivity index (χ1n) is 6.42. The van der Waals surface area contributed by atoms with Crippen LogP contribution in [0, 0.1) is 0 Å². The van der Waals surface area contributed by atoms with Crippen molar-refractivity contribution in [2.75, 3.05) is 21.1 Å². The first-order valence-corrected chi connectivity index (χ1v) is 6.42. The lowest BCUT2D eigenvalue weighted by atomic mass is 10.1. The van der Waals surface area contributed by atoms with E-state index in [4.69, 9.17) is 0 Å². The molecule has 0 saturated heterocycles. The number of aromatic amines is 1. The number of rotatable bonds is 4. The Morgan fingerprint density at radius 3 is 2.53 bits per heavy atom. The molecular formula is C15H21N3O. The number of amides is 1. The predicted molar refractivity (Wildman–Crippen MR) is 77.8 cm³/mol. The summed E-state index contributed by atoms with van der Waals surface area (Å²) in [5.74, 6) is 0.0856. The van der Waals surface area contributed by atoms with Gasteiger partial charge in [0, 0.05) is 43.7 Å². The normalized spacial score (nSPS) is 11.2. The molecule has 2 aromatic rings. The van der Waals surface area contributed by atoms with Crippen LogP contribution in [-0.2, 0) is 17.9 Å². The van der Waals surface area contributed by atoms with Crippen LogP contribution in [0.1, 0.15) is 18.2 Å². The summed E-state index contributed by atoms with van der Waals surface area (Å²) in [4.78, 5) is 18.5. The van der Waals surface area contributed by atoms with Crippen LogP contribution in [0.15, 0.2) is 24.3 Å². The molecule has 0 aliphatic rings. The number of hydrogen-bond acceptors (Lipinski definition) is 2. The largest absolute Gasteiger partial charge is 0.357 e. The summed E-state index contributed by atoms with van der Waals surface area (Å²) in [7, 11) is 5.93. The van der Waals surface area contributed by atoms with E-state index in [0.717, 1.165) is 17.6 Å². The molecule has 19 heavy (non-hydrogen) atoms. The second kappa shape index (κ2) is 5.45. The van der Waals surface area contributed by atoms with Gasteiger partial charge in [-0.05, 0) is 37.9 Å². The van der Waals surface area contributed by atoms with E-state index in [9.17, 15) is 4.79 Å². The lowest BCUT2D eigenvalue weighted by molar-refractivity contribution is -0.128. The van der Waals surface area contributed by atoms with Crippen LogP contribution in [0.25, 0.3) is 10.9 Å². The van der Waals surface area contributed by atoms with Crippen molar-refractivity contribution >= 4 is 16.8 Å². The number of nitrogens with one attached hydrogen (secondary N) is 1. The lowest BCUT2D eigenvalue weighted by Gasteiger charge is -2.14. The fraction of sp³-hybridized carbons (Fsp3) is 0.400. The van der Waals surface area contributed by atoms with Gasteiger partial charge in [-0.2, -0.15) is 0 Å². The summed E-state index contributed by atoms with van der Waals surface area (Å²) in [6.07, 6.45) is 0. The third kappa shape index (κ3) is 3.35. The van der Waals surface area contributed by atoms with Gasteiger partial charge in [0.25, 0.3) is 0 Å². The maximum Gasteiger partial charge on any atom is 0.219 e. The zero-order chi connectivity index (χ0) is 14.0. The number of nitrogens with zero attached hydrogens (tertiary/aromatic N) is 2. The summed E-state index contributed by atoms with van der Waals surface area (Å²) in [5.41, 5.74) is 3.50. The minimum atomic E-state index is 0.0856. The SMILES string of the molecule is CC(=O)N(C)Cc1ccc2[nH]c(CN(C)C)cc2c1. The average molecular weight is 259 g/mol. The maximum absolute atomic E-state index is 11.3. The van der Waals surface area contributed by atoms with Crippen molar-refractivity contribution in [3.63, 3.8) is 0 Å². The van der Waals surface area contributed by atoms with E-state index in [-0.39, 0.29) is 5.91 Å². The molecule has 0 unspecified atom stereocenters. The summed E-state index contributed by atoms with van der Waals surface area (Å²) in [5, 5.41) is 1.20. The van der Waals surface area contributed by atoms with Crippen LogP contribution in [0.2, 0.25) is 0 Å². The third-order valence-electron chi connectivity index (χ3n) is 3.18. The summed E-state index contributed by atoms with van der Waals surface area (Å²) in [6, 6.07) is 8.46. The highest BCUT2D eigenvalue weighted by molar-refractivity contribution is 5.81. The van der Waals surface area contributed by atoms with Gasteiger partial charge in [0.2, 0.25) is 5.91 Å². The van der Waals surface area contributed by atoms with E-state index >= 15 is 0 Å². The zero-order valence-electron chi connectivity index (χ0n) is 12.0. The molecule has 0 atom stereocenters. The molecule has 0 fully saturated rings. The Morgan fingerprint density at radius 2 is 1.89 bits per heavy atom. The van der Waals surface area contributed by atoms with E-state index in [1.807, 2.05) is 7.05 Å². The van der Waals surface area contributed by atoms with Crippen molar-refractivity contribution in [1.82, 2.24) is 14.8 Å². The Bertz CT molecular complexity index is 586. The smallest absolute Gasteiger partial charge is 0.219 e. The van der Waals surface area contributed by atoms with Crippen LogP contribution < -0.4 is 0 Å². The molecule has 0 radical (unpaired) electrons. The minimum absolute atomic E-state index is 0.0856. The molecular weight excluding hydrogens is 238 g/mol. The predicted octanol–water partition coefficient (Wildman–Crippen LogP) is 2.21. The fourth-order valence-electron chi connectivity index (χ4n) is 2.15. The molecule has 1 N–H and O–H groups in total. The summed E-state index contributed by atoms with van der Waals surface area (Å²) < 4.78 is 0. The van der Waals surface area contributed by atoms with Gasteiger partial charge >= 0.3 is 0 Å². The average Bonchev–Trinajstić information content (AvgIpc) is 2.69. The molecule has 1 heterocycles. The lowest BCUT2D eigenvalue weighted by Crippen LogP contribution is -2.22. The number of fused-ring (bicyclic) bond motifs is 1. The Balaban J connectivity index is 2.22. The number of hydrogen-bond donors (Lipinski definition) is 1. The third-order valence-corrected chi connectivity index (χ3v) is 3.18. The summed E-state index contributed by atoms with van der Waals surface area (Å²) >= 11 is 0. The van der Waals surface area contributed by atoms with Crippen molar-refractivity contribution in [3.8, 4) is 0 Å². The van der Waals surface area contributed by atoms with E-state index in [2.05, 4.69) is 48.2 Å². The molecule has 0 saturated carbocycles. The van der Waals surface area contributed by atoms with Crippen LogP contribution >= 0.6 is 0 Å². The van der Waals surface area contributed by atoms with Gasteiger partial charge in [0.1, 0.15) is 0 Å². The molecule has 0 aliphatic carbocycles. The minimum Gasteiger partial charge on any atom is -0.357 e. The Hall–Kier alpha value is -1.81. The summed E-state index contributed by atoms with van der Waals surface area (Å²) in [6.45, 7) is 3.14. The van der Waals surface area contributed by atoms with Crippen LogP contribution in [0.4, 0.5) is 0 Å². The van der Waals surface area contributed by atoms with Gasteiger partial charge in [-0.1, -0.05) is 6.07 Å². The van der Waals surface area contributed by atoms with Gasteiger partial charge < -0.3 is 14.8 Å². The van der Waals surface area contributed by atoms with Crippen molar-refractivity contribution in [3.05, 3.63) is 35.5 Å². The van der Waals surface area contributed by atoms with Gasteiger partial charge in [-0.15, -0.1) is 0 Å². The van der Waals surface area contributed by atoms with Gasteiger partial charge in [0.05, 0.1) is 0 Å². The molecule has 1 aromatic heterocycles. The molecule has 2 rings (SSSR count). The molecule has 0 spiro atoms. The van der Waals surface area contributed by atoms with Crippen LogP contribution in [-0.4, -0.2) is 41.8 Å². The van der Waals surface area contributed by atoms with Crippen LogP contribution in [0.5, 0.6) is 0 Å². The van der Waals surface area contributed by atoms with E-state index in [1.54, 1.807) is 11.8 Å². The molecule has 0 bridgehead atoms. The van der Waals surface area contributed by atoms with Gasteiger partial charge in [0.15, 0.2) is 0 Å². The topological polar surface area (TPSA) is 39.3 Å². The van der Waals surface area contributed by atoms with E-state index in [0.29, 0.717) is 6.54 Å². The molecule has 0 aliphatic heterocycles. The molecule has 1 amide bonds. The van der Waals surface area contributed by atoms with Crippen LogP contribution in [0.3, 0.4) is 0 Å². The standard InChI is InChI=1S/C15H21N3O/c1-11(19)18(4)9-12-5-6-15-13(7-12)8-14(16-15)10-17(2)3/h5-8,16H,9-10H2,1-4H3. The fourth-order valence-corrected chi connectivity index (χ4v) is 2.15. The number of carbonyl (C=O) groups excluding carboxylic acids is 1. The second-order valence-corrected chi connectivity index (χ2v) is 5.33. The Kier molecular flexibility index (Phi) is 3.90.